The van der Waals surface area contributed by atoms with E-state index in [1.807, 2.05) is 0 Å². The van der Waals surface area contributed by atoms with E-state index < -0.39 is 69.0 Å². The zero-order chi connectivity index (χ0) is 39.3. The summed E-state index contributed by atoms with van der Waals surface area (Å²) in [6.45, 7) is 2.66. The molecule has 52 heavy (non-hydrogen) atoms. The van der Waals surface area contributed by atoms with E-state index in [1.165, 1.54) is 36.5 Å². The molecular weight excluding hydrogens is 759 g/mol. The fraction of sp³-hybridized carbons (Fsp3) is 0.458. The number of carbonyl (C=O) groups is 5. The first kappa shape index (κ1) is 41.3. The number of aromatic nitrogens is 4. The number of β-lactam (4-membered cyclic amide) rings is 1. The molecule has 2 aliphatic heterocycles. The van der Waals surface area contributed by atoms with Crippen molar-refractivity contribution < 1.29 is 61.2 Å². The number of rotatable bonds is 13. The van der Waals surface area contributed by atoms with Crippen LogP contribution in [0.3, 0.4) is 0 Å². The molecule has 0 aliphatic carbocycles. The number of urea groups is 1. The summed E-state index contributed by atoms with van der Waals surface area (Å²) in [5.41, 5.74) is 20.9. The average molecular weight is 794 g/mol. The van der Waals surface area contributed by atoms with Crippen LogP contribution in [-0.2, 0) is 48.0 Å². The third kappa shape index (κ3) is 10.0. The molecule has 1 unspecified atom stereocenters. The molecule has 0 aromatic carbocycles. The summed E-state index contributed by atoms with van der Waals surface area (Å²) in [4.78, 5) is 72.9. The lowest BCUT2D eigenvalue weighted by Gasteiger charge is -2.49. The summed E-state index contributed by atoms with van der Waals surface area (Å²) in [5.74, 6) is -4.36. The Kier molecular flexibility index (Phi) is 13.1. The van der Waals surface area contributed by atoms with Crippen molar-refractivity contribution in [2.75, 3.05) is 35.6 Å². The highest BCUT2D eigenvalue weighted by atomic mass is 32.3. The Morgan fingerprint density at radius 2 is 1.85 bits per heavy atom. The molecule has 2 aliphatic rings. The lowest BCUT2D eigenvalue weighted by Crippen LogP contribution is -2.71. The van der Waals surface area contributed by atoms with Gasteiger partial charge < -0.3 is 53.2 Å². The summed E-state index contributed by atoms with van der Waals surface area (Å²) < 4.78 is 39.8. The number of nitrogen functional groups attached to an aromatic ring is 2. The van der Waals surface area contributed by atoms with Crippen LogP contribution in [0.1, 0.15) is 19.7 Å². The second-order valence-corrected chi connectivity index (χ2v) is 13.9. The second-order valence-electron chi connectivity index (χ2n) is 11.2. The molecule has 2 aromatic rings. The Morgan fingerprint density at radius 1 is 1.23 bits per heavy atom. The van der Waals surface area contributed by atoms with Gasteiger partial charge in [0.2, 0.25) is 33.7 Å². The maximum atomic E-state index is 13.3. The van der Waals surface area contributed by atoms with E-state index in [0.29, 0.717) is 5.57 Å². The number of thioether (sulfide) groups is 1. The van der Waals surface area contributed by atoms with Gasteiger partial charge in [-0.3, -0.25) is 24.4 Å². The highest BCUT2D eigenvalue weighted by Gasteiger charge is 2.55. The van der Waals surface area contributed by atoms with Crippen molar-refractivity contribution in [1.82, 2.24) is 29.6 Å². The molecule has 0 saturated carbocycles. The van der Waals surface area contributed by atoms with E-state index in [-0.39, 0.29) is 53.5 Å². The van der Waals surface area contributed by atoms with Crippen molar-refractivity contribution in [3.8, 4) is 0 Å². The Bertz CT molecular complexity index is 1900. The first-order chi connectivity index (χ1) is 24.1. The van der Waals surface area contributed by atoms with Crippen molar-refractivity contribution in [1.29, 1.82) is 0 Å². The van der Waals surface area contributed by atoms with Gasteiger partial charge in [-0.2, -0.15) is 9.36 Å². The van der Waals surface area contributed by atoms with E-state index in [1.54, 1.807) is 11.7 Å². The van der Waals surface area contributed by atoms with Crippen LogP contribution in [0.4, 0.5) is 21.4 Å². The second kappa shape index (κ2) is 16.5. The van der Waals surface area contributed by atoms with E-state index in [2.05, 4.69) is 30.5 Å². The molecule has 286 valence electrons. The summed E-state index contributed by atoms with van der Waals surface area (Å²) in [6, 6.07) is -2.21. The third-order valence-electron chi connectivity index (χ3n) is 7.08. The molecular formula is C24H35N13O12S3. The maximum absolute atomic E-state index is 13.3. The van der Waals surface area contributed by atoms with Crippen LogP contribution in [0.2, 0.25) is 0 Å². The molecule has 4 amide bonds. The number of carboxylic acids is 2. The predicted molar refractivity (Wildman–Crippen MR) is 180 cm³/mol. The Labute approximate surface area is 302 Å². The third-order valence-corrected chi connectivity index (χ3v) is 8.96. The number of fused-ring (bicyclic) bond motifs is 1. The van der Waals surface area contributed by atoms with Crippen LogP contribution >= 0.6 is 23.3 Å². The lowest BCUT2D eigenvalue weighted by atomic mass is 10.0. The first-order valence-electron chi connectivity index (χ1n) is 14.4. The zero-order valence-electron chi connectivity index (χ0n) is 27.4. The smallest absolute Gasteiger partial charge is 0.352 e. The Morgan fingerprint density at radius 3 is 2.37 bits per heavy atom. The van der Waals surface area contributed by atoms with E-state index in [4.69, 9.17) is 45.3 Å². The van der Waals surface area contributed by atoms with Gasteiger partial charge in [-0.1, -0.05) is 5.16 Å². The van der Waals surface area contributed by atoms with E-state index >= 15 is 0 Å². The van der Waals surface area contributed by atoms with Gasteiger partial charge >= 0.3 is 18.0 Å². The van der Waals surface area contributed by atoms with Crippen LogP contribution in [0.25, 0.3) is 0 Å². The summed E-state index contributed by atoms with van der Waals surface area (Å²) >= 11 is 1.95. The van der Waals surface area contributed by atoms with Gasteiger partial charge in [0.1, 0.15) is 17.1 Å². The van der Waals surface area contributed by atoms with Crippen LogP contribution in [0.5, 0.6) is 0 Å². The predicted octanol–water partition coefficient (Wildman–Crippen LogP) is -4.24. The Balaban J connectivity index is 0.00000136. The minimum atomic E-state index is -4.92. The Hall–Kier alpha value is -5.13. The molecule has 14 N–H and O–H groups in total. The summed E-state index contributed by atoms with van der Waals surface area (Å²) in [7, 11) is -3.31. The van der Waals surface area contributed by atoms with Crippen molar-refractivity contribution >= 4 is 85.8 Å². The number of carboxylic acid groups (broad SMARTS) is 2. The highest BCUT2D eigenvalue weighted by Crippen LogP contribution is 2.40. The van der Waals surface area contributed by atoms with Gasteiger partial charge in [-0.15, -0.1) is 21.1 Å². The maximum Gasteiger partial charge on any atom is 0.352 e. The lowest BCUT2D eigenvalue weighted by molar-refractivity contribution is -0.765. The van der Waals surface area contributed by atoms with Crippen molar-refractivity contribution in [3.63, 3.8) is 0 Å². The number of anilines is 3. The fourth-order valence-corrected chi connectivity index (χ4v) is 6.11. The minimum Gasteiger partial charge on any atom is -0.726 e. The van der Waals surface area contributed by atoms with Gasteiger partial charge in [0, 0.05) is 35.9 Å². The highest BCUT2D eigenvalue weighted by molar-refractivity contribution is 8.00. The van der Waals surface area contributed by atoms with Crippen LogP contribution in [0, 0.1) is 0 Å². The molecule has 4 rings (SSSR count). The van der Waals surface area contributed by atoms with Gasteiger partial charge in [-0.05, 0) is 13.8 Å². The number of nitrogens with one attached hydrogen (secondary N) is 3. The minimum absolute atomic E-state index is 0.00802. The van der Waals surface area contributed by atoms with Crippen LogP contribution in [-0.4, -0.2) is 124 Å². The van der Waals surface area contributed by atoms with Gasteiger partial charge in [-0.25, -0.2) is 22.8 Å². The van der Waals surface area contributed by atoms with Gasteiger partial charge in [0.25, 0.3) is 11.8 Å². The molecule has 2 aromatic heterocycles. The molecule has 1 fully saturated rings. The number of amides is 4. The van der Waals surface area contributed by atoms with Crippen LogP contribution in [0.15, 0.2) is 22.6 Å². The van der Waals surface area contributed by atoms with Crippen molar-refractivity contribution in [2.24, 2.45) is 23.7 Å². The quantitative estimate of drug-likeness (QED) is 0.0229. The number of carbonyl (C=O) groups excluding carboxylic acids is 3. The molecule has 0 spiro atoms. The van der Waals surface area contributed by atoms with Crippen molar-refractivity contribution in [2.45, 2.75) is 43.5 Å². The molecule has 4 heterocycles. The molecule has 1 saturated heterocycles. The molecule has 2 atom stereocenters. The number of nitrogens with two attached hydrogens (primary N) is 4. The fourth-order valence-electron chi connectivity index (χ4n) is 4.34. The SMILES string of the molecule is Cn1c(N)c(NC(=O)NC(CN)CN)c[n+]1CC1=C(C(=O)O)N2C(=O)[C@@H](NC(=O)/C(=N\OC(C)(C)C(=O)O)c3nsc(N)n3)C2SC1.O=S(=O)([O-])O. The molecule has 0 bridgehead atoms. The molecule has 25 nitrogen and oxygen atoms in total. The normalized spacial score (nSPS) is 17.4. The van der Waals surface area contributed by atoms with E-state index in [9.17, 15) is 34.2 Å². The van der Waals surface area contributed by atoms with Gasteiger partial charge in [0.15, 0.2) is 23.2 Å². The van der Waals surface area contributed by atoms with Gasteiger partial charge in [0.05, 0.1) is 13.1 Å². The number of hydrogen-bond donors (Lipinski definition) is 10. The summed E-state index contributed by atoms with van der Waals surface area (Å²) in [6.07, 6.45) is 1.51. The number of aliphatic carboxylic acids is 2. The largest absolute Gasteiger partial charge is 0.726 e. The monoisotopic (exact) mass is 793 g/mol. The summed E-state index contributed by atoms with van der Waals surface area (Å²) in [5, 5.41) is 30.0. The van der Waals surface area contributed by atoms with Crippen molar-refractivity contribution in [3.05, 3.63) is 23.3 Å². The first-order valence-corrected chi connectivity index (χ1v) is 17.6. The van der Waals surface area contributed by atoms with Crippen LogP contribution < -0.4 is 43.6 Å². The molecule has 0 radical (unpaired) electrons. The average Bonchev–Trinajstić information content (AvgIpc) is 3.59. The molecule has 28 heteroatoms. The number of hydrogen-bond acceptors (Lipinski definition) is 18. The zero-order valence-corrected chi connectivity index (χ0v) is 29.8. The van der Waals surface area contributed by atoms with E-state index in [0.717, 1.165) is 16.4 Å². The number of nitrogens with zero attached hydrogens (tertiary/aromatic N) is 6. The topological polar surface area (TPSA) is 403 Å². The standard InChI is InChI=1S/C24H33N13O8S2.H2O4S/c1-24(2,21(42)43)45-33-12(16-32-22(28)47-34-16)17(38)31-13-18(39)37-14(20(40)41)9(8-46-19(13)37)6-36-7-11(15(27)35(36)3)30-23(44)29-10(4-25)5-26;1-5(2,3)4/h7,10,13,19,27H,4-6,8,25-26H2,1-3H3,(H7,28,29,30,31,32,34,38,40,41,42,43,44);(H2,1,2,3,4)/b33-12-;/t13-,19?;/m1./s1. The number of oxime groups is 1.